The molecule has 1 aliphatic carbocycles. The lowest BCUT2D eigenvalue weighted by molar-refractivity contribution is -0.0473. The molecule has 0 bridgehead atoms. The first-order valence-corrected chi connectivity index (χ1v) is 9.67. The van der Waals surface area contributed by atoms with E-state index in [0.717, 1.165) is 54.1 Å². The topological polar surface area (TPSA) is 82.2 Å². The summed E-state index contributed by atoms with van der Waals surface area (Å²) in [7, 11) is 0. The summed E-state index contributed by atoms with van der Waals surface area (Å²) < 4.78 is 13.2. The maximum atomic E-state index is 12.6. The van der Waals surface area contributed by atoms with Crippen LogP contribution >= 0.6 is 0 Å². The predicted molar refractivity (Wildman–Crippen MR) is 102 cm³/mol. The maximum Gasteiger partial charge on any atom is 0.287 e. The molecule has 0 aromatic carbocycles. The highest BCUT2D eigenvalue weighted by molar-refractivity contribution is 5.95. The number of amides is 1. The molecule has 1 aliphatic heterocycles. The highest BCUT2D eigenvalue weighted by Crippen LogP contribution is 2.38. The van der Waals surface area contributed by atoms with Gasteiger partial charge in [0.1, 0.15) is 5.76 Å². The van der Waals surface area contributed by atoms with E-state index in [2.05, 4.69) is 16.5 Å². The minimum atomic E-state index is -0.183. The number of carbonyl (C=O) groups excluding carboxylic acids is 1. The van der Waals surface area contributed by atoms with Crippen molar-refractivity contribution in [3.63, 3.8) is 0 Å². The van der Waals surface area contributed by atoms with Crippen LogP contribution in [-0.2, 0) is 24.1 Å². The second kappa shape index (κ2) is 6.91. The number of fused-ring (bicyclic) bond motifs is 3. The van der Waals surface area contributed by atoms with Gasteiger partial charge >= 0.3 is 0 Å². The van der Waals surface area contributed by atoms with E-state index in [1.54, 1.807) is 6.20 Å². The molecule has 1 fully saturated rings. The number of aromatic nitrogens is 3. The summed E-state index contributed by atoms with van der Waals surface area (Å²) in [5, 5.41) is 7.70. The summed E-state index contributed by atoms with van der Waals surface area (Å²) >= 11 is 0. The van der Waals surface area contributed by atoms with Gasteiger partial charge < -0.3 is 14.5 Å². The van der Waals surface area contributed by atoms with Crippen LogP contribution in [0, 0.1) is 6.92 Å². The average molecular weight is 378 g/mol. The molecule has 5 rings (SSSR count). The van der Waals surface area contributed by atoms with Crippen molar-refractivity contribution in [1.82, 2.24) is 20.1 Å². The monoisotopic (exact) mass is 378 g/mol. The van der Waals surface area contributed by atoms with Crippen molar-refractivity contribution in [3.05, 3.63) is 58.9 Å². The predicted octanol–water partition coefficient (Wildman–Crippen LogP) is 2.51. The molecule has 1 amide bonds. The molecule has 3 aromatic heterocycles. The minimum Gasteiger partial charge on any atom is -0.455 e. The zero-order chi connectivity index (χ0) is 19.1. The van der Waals surface area contributed by atoms with E-state index in [1.807, 2.05) is 29.8 Å². The van der Waals surface area contributed by atoms with Gasteiger partial charge in [-0.2, -0.15) is 5.10 Å². The Labute approximate surface area is 162 Å². The van der Waals surface area contributed by atoms with Gasteiger partial charge in [-0.1, -0.05) is 6.07 Å². The van der Waals surface area contributed by atoms with Gasteiger partial charge in [0.25, 0.3) is 5.91 Å². The fraction of sp³-hybridized carbons (Fsp3) is 0.381. The summed E-state index contributed by atoms with van der Waals surface area (Å²) in [5.74, 6) is 1.05. The highest BCUT2D eigenvalue weighted by Gasteiger charge is 2.30. The number of nitrogens with one attached hydrogen (secondary N) is 1. The third kappa shape index (κ3) is 3.01. The SMILES string of the molecule is Cc1c(C(=O)NC[C@@H]2CCO2)oc2c1-c1nn(Cc3ccccn3)cc1CC2. The number of pyridine rings is 1. The van der Waals surface area contributed by atoms with Crippen molar-refractivity contribution < 1.29 is 13.9 Å². The Morgan fingerprint density at radius 3 is 3.00 bits per heavy atom. The normalized spacial score (nSPS) is 17.5. The van der Waals surface area contributed by atoms with Crippen LogP contribution in [0.15, 0.2) is 35.0 Å². The van der Waals surface area contributed by atoms with Gasteiger partial charge in [0.05, 0.1) is 24.0 Å². The Hall–Kier alpha value is -2.93. The van der Waals surface area contributed by atoms with Crippen molar-refractivity contribution in [3.8, 4) is 11.3 Å². The molecular formula is C21H22N4O3. The van der Waals surface area contributed by atoms with Crippen LogP contribution in [0.5, 0.6) is 0 Å². The van der Waals surface area contributed by atoms with Crippen LogP contribution in [0.25, 0.3) is 11.3 Å². The molecule has 3 aromatic rings. The van der Waals surface area contributed by atoms with Crippen LogP contribution in [-0.4, -0.2) is 39.9 Å². The van der Waals surface area contributed by atoms with E-state index < -0.39 is 0 Å². The van der Waals surface area contributed by atoms with Crippen LogP contribution in [0.4, 0.5) is 0 Å². The van der Waals surface area contributed by atoms with Crippen LogP contribution in [0.3, 0.4) is 0 Å². The molecule has 144 valence electrons. The molecule has 1 atom stereocenters. The summed E-state index contributed by atoms with van der Waals surface area (Å²) in [6, 6.07) is 5.87. The molecule has 0 spiro atoms. The fourth-order valence-electron chi connectivity index (χ4n) is 3.85. The van der Waals surface area contributed by atoms with Gasteiger partial charge in [0, 0.05) is 43.1 Å². The van der Waals surface area contributed by atoms with Gasteiger partial charge in [-0.15, -0.1) is 0 Å². The van der Waals surface area contributed by atoms with E-state index in [1.165, 1.54) is 5.56 Å². The first-order chi connectivity index (χ1) is 13.7. The van der Waals surface area contributed by atoms with Gasteiger partial charge in [0.2, 0.25) is 0 Å². The van der Waals surface area contributed by atoms with Crippen molar-refractivity contribution in [2.75, 3.05) is 13.2 Å². The number of carbonyl (C=O) groups is 1. The van der Waals surface area contributed by atoms with E-state index in [4.69, 9.17) is 14.3 Å². The van der Waals surface area contributed by atoms with E-state index >= 15 is 0 Å². The standard InChI is InChI=1S/C21H22N4O3/c1-13-18-17(28-20(13)21(26)23-10-16-7-9-27-16)6-5-14-11-25(24-19(14)18)12-15-4-2-3-8-22-15/h2-4,8,11,16H,5-7,9-10,12H2,1H3,(H,23,26)/t16-/m0/s1. The van der Waals surface area contributed by atoms with E-state index in [0.29, 0.717) is 18.8 Å². The van der Waals surface area contributed by atoms with E-state index in [9.17, 15) is 4.79 Å². The molecule has 28 heavy (non-hydrogen) atoms. The van der Waals surface area contributed by atoms with Crippen molar-refractivity contribution in [2.45, 2.75) is 38.8 Å². The largest absolute Gasteiger partial charge is 0.455 e. The molecule has 1 N–H and O–H groups in total. The minimum absolute atomic E-state index is 0.128. The Kier molecular flexibility index (Phi) is 4.24. The summed E-state index contributed by atoms with van der Waals surface area (Å²) in [6.45, 7) is 3.85. The zero-order valence-corrected chi connectivity index (χ0v) is 15.8. The highest BCUT2D eigenvalue weighted by atomic mass is 16.5. The Morgan fingerprint density at radius 1 is 1.36 bits per heavy atom. The number of hydrogen-bond acceptors (Lipinski definition) is 5. The lowest BCUT2D eigenvalue weighted by atomic mass is 9.93. The quantitative estimate of drug-likeness (QED) is 0.738. The lowest BCUT2D eigenvalue weighted by Crippen LogP contribution is -2.39. The maximum absolute atomic E-state index is 12.6. The first kappa shape index (κ1) is 17.2. The summed E-state index contributed by atoms with van der Waals surface area (Å²) in [4.78, 5) is 17.0. The zero-order valence-electron chi connectivity index (χ0n) is 15.8. The fourth-order valence-corrected chi connectivity index (χ4v) is 3.85. The Bertz CT molecular complexity index is 1020. The molecule has 7 nitrogen and oxygen atoms in total. The van der Waals surface area contributed by atoms with E-state index in [-0.39, 0.29) is 12.0 Å². The van der Waals surface area contributed by atoms with Gasteiger partial charge in [-0.25, -0.2) is 0 Å². The Balaban J connectivity index is 1.41. The van der Waals surface area contributed by atoms with Gasteiger partial charge in [0.15, 0.2) is 5.76 Å². The molecule has 4 heterocycles. The number of aryl methyl sites for hydroxylation is 2. The molecular weight excluding hydrogens is 356 g/mol. The molecule has 0 radical (unpaired) electrons. The van der Waals surface area contributed by atoms with Gasteiger partial charge in [-0.05, 0) is 37.5 Å². The Morgan fingerprint density at radius 2 is 2.25 bits per heavy atom. The summed E-state index contributed by atoms with van der Waals surface area (Å²) in [6.07, 6.45) is 6.61. The average Bonchev–Trinajstić information content (AvgIpc) is 3.21. The molecule has 0 unspecified atom stereocenters. The number of furan rings is 1. The van der Waals surface area contributed by atoms with Crippen LogP contribution in [0.1, 0.15) is 39.6 Å². The number of rotatable bonds is 5. The van der Waals surface area contributed by atoms with Gasteiger partial charge in [-0.3, -0.25) is 14.5 Å². The number of ether oxygens (including phenoxy) is 1. The van der Waals surface area contributed by atoms with Crippen molar-refractivity contribution in [1.29, 1.82) is 0 Å². The third-order valence-corrected chi connectivity index (χ3v) is 5.46. The molecule has 2 aliphatic rings. The van der Waals surface area contributed by atoms with Crippen LogP contribution in [0.2, 0.25) is 0 Å². The number of nitrogens with zero attached hydrogens (tertiary/aromatic N) is 3. The lowest BCUT2D eigenvalue weighted by Gasteiger charge is -2.26. The second-order valence-corrected chi connectivity index (χ2v) is 7.37. The summed E-state index contributed by atoms with van der Waals surface area (Å²) in [5.41, 5.74) is 4.88. The second-order valence-electron chi connectivity index (χ2n) is 7.37. The number of hydrogen-bond donors (Lipinski definition) is 1. The van der Waals surface area contributed by atoms with Crippen molar-refractivity contribution in [2.24, 2.45) is 0 Å². The third-order valence-electron chi connectivity index (χ3n) is 5.46. The molecule has 0 saturated carbocycles. The molecule has 7 heteroatoms. The smallest absolute Gasteiger partial charge is 0.287 e. The van der Waals surface area contributed by atoms with Crippen LogP contribution < -0.4 is 5.32 Å². The first-order valence-electron chi connectivity index (χ1n) is 9.67. The molecule has 1 saturated heterocycles. The van der Waals surface area contributed by atoms with Crippen molar-refractivity contribution >= 4 is 5.91 Å².